The van der Waals surface area contributed by atoms with E-state index in [1.807, 2.05) is 0 Å². The minimum atomic E-state index is -0.895. The summed E-state index contributed by atoms with van der Waals surface area (Å²) in [6.45, 7) is 1.80. The molecule has 3 rings (SSSR count). The smallest absolute Gasteiger partial charge is 0.223 e. The van der Waals surface area contributed by atoms with Gasteiger partial charge in [0.05, 0.1) is 6.26 Å². The lowest BCUT2D eigenvalue weighted by Gasteiger charge is -2.16. The van der Waals surface area contributed by atoms with Crippen LogP contribution in [0.25, 0.3) is 0 Å². The highest BCUT2D eigenvalue weighted by atomic mass is 19.2. The molecule has 0 saturated heterocycles. The van der Waals surface area contributed by atoms with Gasteiger partial charge in [-0.05, 0) is 49.1 Å². The topological polar surface area (TPSA) is 62.5 Å². The summed E-state index contributed by atoms with van der Waals surface area (Å²) >= 11 is 0. The number of furan rings is 1. The Morgan fingerprint density at radius 3 is 2.83 bits per heavy atom. The Labute approximate surface area is 138 Å². The summed E-state index contributed by atoms with van der Waals surface area (Å²) in [5.74, 6) is -1.78. The summed E-state index contributed by atoms with van der Waals surface area (Å²) in [5.41, 5.74) is 0.636. The monoisotopic (exact) mass is 335 g/mol. The number of aliphatic hydroxyl groups is 1. The molecule has 1 aliphatic rings. The van der Waals surface area contributed by atoms with E-state index in [4.69, 9.17) is 4.42 Å². The average molecular weight is 335 g/mol. The van der Waals surface area contributed by atoms with Crippen LogP contribution >= 0.6 is 0 Å². The minimum Gasteiger partial charge on any atom is -0.467 e. The third kappa shape index (κ3) is 3.64. The molecule has 1 aromatic heterocycles. The summed E-state index contributed by atoms with van der Waals surface area (Å²) in [7, 11) is 0. The van der Waals surface area contributed by atoms with Crippen LogP contribution in [0, 0.1) is 17.6 Å². The van der Waals surface area contributed by atoms with Gasteiger partial charge in [0.15, 0.2) is 11.6 Å². The first-order chi connectivity index (χ1) is 11.5. The van der Waals surface area contributed by atoms with Gasteiger partial charge >= 0.3 is 0 Å². The van der Waals surface area contributed by atoms with Crippen molar-refractivity contribution in [3.05, 3.63) is 59.6 Å². The van der Waals surface area contributed by atoms with Crippen molar-refractivity contribution < 1.29 is 23.1 Å². The van der Waals surface area contributed by atoms with Crippen LogP contribution in [0.3, 0.4) is 0 Å². The Hall–Kier alpha value is -2.21. The molecule has 24 heavy (non-hydrogen) atoms. The van der Waals surface area contributed by atoms with E-state index in [2.05, 4.69) is 5.32 Å². The van der Waals surface area contributed by atoms with E-state index in [0.717, 1.165) is 12.1 Å². The van der Waals surface area contributed by atoms with E-state index in [1.165, 1.54) is 12.3 Å². The largest absolute Gasteiger partial charge is 0.467 e. The first-order valence-electron chi connectivity index (χ1n) is 7.92. The Kier molecular flexibility index (Phi) is 4.66. The van der Waals surface area contributed by atoms with E-state index in [1.54, 1.807) is 19.1 Å². The molecule has 128 valence electrons. The summed E-state index contributed by atoms with van der Waals surface area (Å²) in [6, 6.07) is 6.89. The molecule has 6 heteroatoms. The maximum atomic E-state index is 13.3. The molecule has 0 aliphatic heterocycles. The standard InChI is InChI=1S/C18H19F2NO3/c1-10(7-16(22)17-3-2-6-24-17)21-18(23)13-9-12(13)11-4-5-14(19)15(20)8-11/h2-6,8,10,12-13,16,22H,7,9H2,1H3,(H,21,23). The quantitative estimate of drug-likeness (QED) is 0.851. The molecule has 1 fully saturated rings. The first-order valence-corrected chi connectivity index (χ1v) is 7.92. The highest BCUT2D eigenvalue weighted by Gasteiger charge is 2.44. The summed E-state index contributed by atoms with van der Waals surface area (Å²) in [5, 5.41) is 12.9. The van der Waals surface area contributed by atoms with Crippen molar-refractivity contribution in [1.82, 2.24) is 5.32 Å². The zero-order valence-corrected chi connectivity index (χ0v) is 13.2. The molecule has 0 bridgehead atoms. The van der Waals surface area contributed by atoms with E-state index in [9.17, 15) is 18.7 Å². The third-order valence-corrected chi connectivity index (χ3v) is 4.34. The van der Waals surface area contributed by atoms with Crippen molar-refractivity contribution in [2.24, 2.45) is 5.92 Å². The number of hydrogen-bond acceptors (Lipinski definition) is 3. The lowest BCUT2D eigenvalue weighted by molar-refractivity contribution is -0.123. The van der Waals surface area contributed by atoms with E-state index in [-0.39, 0.29) is 23.8 Å². The van der Waals surface area contributed by atoms with Crippen LogP contribution in [-0.4, -0.2) is 17.1 Å². The van der Waals surface area contributed by atoms with Crippen LogP contribution in [0.2, 0.25) is 0 Å². The number of nitrogens with one attached hydrogen (secondary N) is 1. The van der Waals surface area contributed by atoms with Gasteiger partial charge in [-0.1, -0.05) is 6.07 Å². The number of carbonyl (C=O) groups excluding carboxylic acids is 1. The molecule has 2 N–H and O–H groups in total. The molecular weight excluding hydrogens is 316 g/mol. The molecule has 1 aliphatic carbocycles. The van der Waals surface area contributed by atoms with Crippen molar-refractivity contribution in [3.8, 4) is 0 Å². The fraction of sp³-hybridized carbons (Fsp3) is 0.389. The molecule has 1 heterocycles. The van der Waals surface area contributed by atoms with Crippen LogP contribution in [0.15, 0.2) is 41.0 Å². The van der Waals surface area contributed by atoms with Gasteiger partial charge < -0.3 is 14.8 Å². The molecule has 4 atom stereocenters. The molecule has 4 nitrogen and oxygen atoms in total. The number of amides is 1. The predicted octanol–water partition coefficient (Wildman–Crippen LogP) is 3.29. The highest BCUT2D eigenvalue weighted by Crippen LogP contribution is 2.47. The van der Waals surface area contributed by atoms with Crippen LogP contribution in [0.4, 0.5) is 8.78 Å². The van der Waals surface area contributed by atoms with Crippen LogP contribution in [0.5, 0.6) is 0 Å². The number of benzene rings is 1. The molecule has 1 aromatic carbocycles. The maximum absolute atomic E-state index is 13.3. The van der Waals surface area contributed by atoms with Gasteiger partial charge in [0.1, 0.15) is 11.9 Å². The molecule has 4 unspecified atom stereocenters. The summed E-state index contributed by atoms with van der Waals surface area (Å²) in [4.78, 5) is 12.2. The fourth-order valence-corrected chi connectivity index (χ4v) is 2.94. The van der Waals surface area contributed by atoms with Crippen LogP contribution < -0.4 is 5.32 Å². The lowest BCUT2D eigenvalue weighted by Crippen LogP contribution is -2.35. The molecule has 2 aromatic rings. The van der Waals surface area contributed by atoms with E-state index >= 15 is 0 Å². The van der Waals surface area contributed by atoms with Gasteiger partial charge in [-0.15, -0.1) is 0 Å². The third-order valence-electron chi connectivity index (χ3n) is 4.34. The molecule has 1 amide bonds. The van der Waals surface area contributed by atoms with Crippen LogP contribution in [0.1, 0.15) is 43.1 Å². The van der Waals surface area contributed by atoms with Gasteiger partial charge in [0.25, 0.3) is 0 Å². The normalized spacial score (nSPS) is 22.0. The molecule has 0 radical (unpaired) electrons. The van der Waals surface area contributed by atoms with Gasteiger partial charge in [0, 0.05) is 18.4 Å². The minimum absolute atomic E-state index is 0.0812. The van der Waals surface area contributed by atoms with Crippen LogP contribution in [-0.2, 0) is 4.79 Å². The number of carbonyl (C=O) groups is 1. The lowest BCUT2D eigenvalue weighted by atomic mass is 10.1. The SMILES string of the molecule is CC(CC(O)c1ccco1)NC(=O)C1CC1c1ccc(F)c(F)c1. The number of rotatable bonds is 6. The maximum Gasteiger partial charge on any atom is 0.223 e. The number of hydrogen-bond donors (Lipinski definition) is 2. The van der Waals surface area contributed by atoms with Crippen molar-refractivity contribution >= 4 is 5.91 Å². The van der Waals surface area contributed by atoms with Crippen molar-refractivity contribution in [2.75, 3.05) is 0 Å². The summed E-state index contributed by atoms with van der Waals surface area (Å²) < 4.78 is 31.4. The van der Waals surface area contributed by atoms with Crippen molar-refractivity contribution in [3.63, 3.8) is 0 Å². The predicted molar refractivity (Wildman–Crippen MR) is 83.1 cm³/mol. The number of aliphatic hydroxyl groups excluding tert-OH is 1. The van der Waals surface area contributed by atoms with Crippen molar-refractivity contribution in [1.29, 1.82) is 0 Å². The van der Waals surface area contributed by atoms with Crippen molar-refractivity contribution in [2.45, 2.75) is 37.8 Å². The Morgan fingerprint density at radius 1 is 1.38 bits per heavy atom. The molecule has 0 spiro atoms. The second kappa shape index (κ2) is 6.73. The zero-order chi connectivity index (χ0) is 17.3. The highest BCUT2D eigenvalue weighted by molar-refractivity contribution is 5.83. The Balaban J connectivity index is 1.51. The average Bonchev–Trinajstić information content (AvgIpc) is 3.14. The second-order valence-corrected chi connectivity index (χ2v) is 6.30. The van der Waals surface area contributed by atoms with E-state index in [0.29, 0.717) is 24.2 Å². The summed E-state index contributed by atoms with van der Waals surface area (Å²) in [6.07, 6.45) is 1.65. The number of halogens is 2. The zero-order valence-electron chi connectivity index (χ0n) is 13.2. The fourth-order valence-electron chi connectivity index (χ4n) is 2.94. The van der Waals surface area contributed by atoms with Gasteiger partial charge in [-0.2, -0.15) is 0 Å². The Morgan fingerprint density at radius 2 is 2.17 bits per heavy atom. The second-order valence-electron chi connectivity index (χ2n) is 6.30. The first kappa shape index (κ1) is 16.6. The molecular formula is C18H19F2NO3. The van der Waals surface area contributed by atoms with Gasteiger partial charge in [0.2, 0.25) is 5.91 Å². The van der Waals surface area contributed by atoms with E-state index < -0.39 is 17.7 Å². The Bertz CT molecular complexity index is 717. The van der Waals surface area contributed by atoms with Gasteiger partial charge in [-0.25, -0.2) is 8.78 Å². The molecule has 1 saturated carbocycles. The van der Waals surface area contributed by atoms with Gasteiger partial charge in [-0.3, -0.25) is 4.79 Å².